The standard InChI is InChI=1S/C25H25Cl2N5O2/c1-25(2)8-7-16-17(10-25)20-23(30-22(16)29-21-18(26)11-28-12-19(21)27)32(31-24(20)33)13-14-5-4-6-15(9-14)34-3/h4-6,9,11-12H,7-8,10,13H2,1-3H3,(H,31,33)(H,28,29,30). The van der Waals surface area contributed by atoms with E-state index in [4.69, 9.17) is 32.9 Å². The summed E-state index contributed by atoms with van der Waals surface area (Å²) in [5, 5.41) is 7.79. The minimum absolute atomic E-state index is 0.0752. The zero-order valence-electron chi connectivity index (χ0n) is 19.2. The zero-order valence-corrected chi connectivity index (χ0v) is 20.7. The molecule has 5 rings (SSSR count). The van der Waals surface area contributed by atoms with Crippen LogP contribution in [0.5, 0.6) is 5.75 Å². The van der Waals surface area contributed by atoms with E-state index in [0.29, 0.717) is 39.1 Å². The number of aromatic amines is 1. The number of halogens is 2. The molecule has 2 N–H and O–H groups in total. The summed E-state index contributed by atoms with van der Waals surface area (Å²) in [5.41, 5.74) is 4.12. The van der Waals surface area contributed by atoms with Crippen LogP contribution >= 0.6 is 23.2 Å². The second-order valence-corrected chi connectivity index (χ2v) is 10.3. The summed E-state index contributed by atoms with van der Waals surface area (Å²) < 4.78 is 7.14. The molecular weight excluding hydrogens is 473 g/mol. The van der Waals surface area contributed by atoms with Crippen molar-refractivity contribution in [2.75, 3.05) is 12.4 Å². The van der Waals surface area contributed by atoms with Crippen molar-refractivity contribution in [3.05, 3.63) is 73.7 Å². The first-order valence-electron chi connectivity index (χ1n) is 11.1. The third-order valence-electron chi connectivity index (χ3n) is 6.39. The minimum Gasteiger partial charge on any atom is -0.497 e. The van der Waals surface area contributed by atoms with E-state index >= 15 is 0 Å². The van der Waals surface area contributed by atoms with Crippen molar-refractivity contribution in [3.63, 3.8) is 0 Å². The van der Waals surface area contributed by atoms with Crippen LogP contribution in [0.25, 0.3) is 11.0 Å². The Balaban J connectivity index is 1.69. The van der Waals surface area contributed by atoms with Crippen LogP contribution in [0.1, 0.15) is 37.0 Å². The number of nitrogens with one attached hydrogen (secondary N) is 2. The lowest BCUT2D eigenvalue weighted by atomic mass is 9.74. The van der Waals surface area contributed by atoms with Gasteiger partial charge in [0.1, 0.15) is 11.6 Å². The lowest BCUT2D eigenvalue weighted by Crippen LogP contribution is -2.24. The van der Waals surface area contributed by atoms with Gasteiger partial charge in [0.05, 0.1) is 34.8 Å². The summed E-state index contributed by atoms with van der Waals surface area (Å²) in [5.74, 6) is 1.42. The van der Waals surface area contributed by atoms with Gasteiger partial charge < -0.3 is 10.1 Å². The van der Waals surface area contributed by atoms with Crippen molar-refractivity contribution in [3.8, 4) is 5.75 Å². The molecule has 3 aromatic heterocycles. The summed E-state index contributed by atoms with van der Waals surface area (Å²) in [6.45, 7) is 4.90. The van der Waals surface area contributed by atoms with E-state index in [1.807, 2.05) is 24.3 Å². The third kappa shape index (κ3) is 4.14. The SMILES string of the molecule is COc1cccc(Cn2[nH]c(=O)c3c4c(c(Nc5c(Cl)cncc5Cl)nc32)CCC(C)(C)C4)c1. The molecule has 0 aliphatic heterocycles. The maximum Gasteiger partial charge on any atom is 0.273 e. The number of aromatic nitrogens is 4. The van der Waals surface area contributed by atoms with Gasteiger partial charge in [-0.1, -0.05) is 49.2 Å². The average Bonchev–Trinajstić information content (AvgIpc) is 3.10. The van der Waals surface area contributed by atoms with Crippen molar-refractivity contribution < 1.29 is 4.74 Å². The molecule has 0 bridgehead atoms. The van der Waals surface area contributed by atoms with E-state index in [1.165, 1.54) is 0 Å². The van der Waals surface area contributed by atoms with Crippen molar-refractivity contribution in [1.29, 1.82) is 0 Å². The lowest BCUT2D eigenvalue weighted by molar-refractivity contribution is 0.317. The van der Waals surface area contributed by atoms with Gasteiger partial charge in [0, 0.05) is 12.4 Å². The highest BCUT2D eigenvalue weighted by Gasteiger charge is 2.31. The van der Waals surface area contributed by atoms with E-state index in [-0.39, 0.29) is 11.0 Å². The number of nitrogens with zero attached hydrogens (tertiary/aromatic N) is 3. The number of pyridine rings is 2. The molecule has 0 saturated heterocycles. The molecule has 0 unspecified atom stereocenters. The molecule has 0 amide bonds. The lowest BCUT2D eigenvalue weighted by Gasteiger charge is -2.32. The fourth-order valence-electron chi connectivity index (χ4n) is 4.64. The smallest absolute Gasteiger partial charge is 0.273 e. The fraction of sp³-hybridized carbons (Fsp3) is 0.320. The zero-order chi connectivity index (χ0) is 24.0. The minimum atomic E-state index is -0.133. The maximum absolute atomic E-state index is 13.2. The Morgan fingerprint density at radius 3 is 2.71 bits per heavy atom. The summed E-state index contributed by atoms with van der Waals surface area (Å²) in [6, 6.07) is 7.75. The molecule has 1 aliphatic rings. The number of benzene rings is 1. The van der Waals surface area contributed by atoms with Crippen molar-refractivity contribution >= 4 is 45.7 Å². The van der Waals surface area contributed by atoms with E-state index in [2.05, 4.69) is 29.2 Å². The molecule has 34 heavy (non-hydrogen) atoms. The molecule has 1 aliphatic carbocycles. The monoisotopic (exact) mass is 497 g/mol. The Morgan fingerprint density at radius 1 is 1.21 bits per heavy atom. The van der Waals surface area contributed by atoms with Gasteiger partial charge in [0.2, 0.25) is 0 Å². The van der Waals surface area contributed by atoms with Gasteiger partial charge in [-0.25, -0.2) is 4.98 Å². The molecule has 176 valence electrons. The van der Waals surface area contributed by atoms with Crippen LogP contribution < -0.4 is 15.6 Å². The van der Waals surface area contributed by atoms with E-state index in [0.717, 1.165) is 41.7 Å². The van der Waals surface area contributed by atoms with Gasteiger partial charge in [0.25, 0.3) is 5.56 Å². The van der Waals surface area contributed by atoms with Crippen molar-refractivity contribution in [2.24, 2.45) is 5.41 Å². The summed E-state index contributed by atoms with van der Waals surface area (Å²) in [6.07, 6.45) is 5.65. The highest BCUT2D eigenvalue weighted by Crippen LogP contribution is 2.41. The first-order chi connectivity index (χ1) is 16.3. The van der Waals surface area contributed by atoms with Gasteiger partial charge in [-0.15, -0.1) is 0 Å². The molecule has 0 saturated carbocycles. The highest BCUT2D eigenvalue weighted by molar-refractivity contribution is 6.39. The number of hydrogen-bond donors (Lipinski definition) is 2. The first-order valence-corrected chi connectivity index (χ1v) is 11.8. The fourth-order valence-corrected chi connectivity index (χ4v) is 5.10. The number of fused-ring (bicyclic) bond motifs is 3. The second kappa shape index (κ2) is 8.64. The molecule has 9 heteroatoms. The van der Waals surface area contributed by atoms with Gasteiger partial charge in [-0.2, -0.15) is 0 Å². The van der Waals surface area contributed by atoms with Crippen LogP contribution in [0.2, 0.25) is 10.0 Å². The molecule has 3 heterocycles. The topological polar surface area (TPSA) is 84.8 Å². The van der Waals surface area contributed by atoms with Gasteiger partial charge >= 0.3 is 0 Å². The second-order valence-electron chi connectivity index (χ2n) is 9.44. The number of anilines is 2. The number of methoxy groups -OCH3 is 1. The number of ether oxygens (including phenoxy) is 1. The van der Waals surface area contributed by atoms with Crippen LogP contribution in [-0.2, 0) is 19.4 Å². The number of rotatable bonds is 5. The molecule has 0 radical (unpaired) electrons. The van der Waals surface area contributed by atoms with Crippen molar-refractivity contribution in [1.82, 2.24) is 19.7 Å². The quantitative estimate of drug-likeness (QED) is 0.367. The molecule has 7 nitrogen and oxygen atoms in total. The van der Waals surface area contributed by atoms with Crippen LogP contribution in [0.3, 0.4) is 0 Å². The van der Waals surface area contributed by atoms with Gasteiger partial charge in [-0.3, -0.25) is 19.6 Å². The van der Waals surface area contributed by atoms with E-state index in [9.17, 15) is 4.79 Å². The Labute approximate surface area is 207 Å². The normalized spacial score (nSPS) is 14.7. The maximum atomic E-state index is 13.2. The van der Waals surface area contributed by atoms with Gasteiger partial charge in [0.15, 0.2) is 5.65 Å². The molecule has 1 aromatic carbocycles. The van der Waals surface area contributed by atoms with Crippen LogP contribution in [0.4, 0.5) is 11.5 Å². The summed E-state index contributed by atoms with van der Waals surface area (Å²) in [7, 11) is 1.63. The molecule has 0 atom stereocenters. The average molecular weight is 498 g/mol. The summed E-state index contributed by atoms with van der Waals surface area (Å²) in [4.78, 5) is 22.1. The Morgan fingerprint density at radius 2 is 1.97 bits per heavy atom. The predicted molar refractivity (Wildman–Crippen MR) is 136 cm³/mol. The first kappa shape index (κ1) is 22.7. The van der Waals surface area contributed by atoms with Crippen molar-refractivity contribution in [2.45, 2.75) is 39.7 Å². The Kier molecular flexibility index (Phi) is 5.78. The Bertz CT molecular complexity index is 1440. The highest BCUT2D eigenvalue weighted by atomic mass is 35.5. The van der Waals surface area contributed by atoms with Crippen LogP contribution in [0.15, 0.2) is 41.5 Å². The van der Waals surface area contributed by atoms with E-state index < -0.39 is 0 Å². The predicted octanol–water partition coefficient (Wildman–Crippen LogP) is 5.74. The van der Waals surface area contributed by atoms with Crippen LogP contribution in [0, 0.1) is 5.41 Å². The molecule has 0 fully saturated rings. The molecular formula is C25H25Cl2N5O2. The number of H-pyrrole nitrogens is 1. The molecule has 0 spiro atoms. The molecule has 4 aromatic rings. The Hall–Kier alpha value is -3.03. The third-order valence-corrected chi connectivity index (χ3v) is 6.96. The summed E-state index contributed by atoms with van der Waals surface area (Å²) >= 11 is 12.8. The van der Waals surface area contributed by atoms with E-state index in [1.54, 1.807) is 24.2 Å². The largest absolute Gasteiger partial charge is 0.497 e. The number of hydrogen-bond acceptors (Lipinski definition) is 5. The van der Waals surface area contributed by atoms with Gasteiger partial charge in [-0.05, 0) is 53.5 Å². The van der Waals surface area contributed by atoms with Crippen LogP contribution in [-0.4, -0.2) is 26.9 Å².